The van der Waals surface area contributed by atoms with Crippen LogP contribution in [0.4, 0.5) is 5.82 Å². The third-order valence-corrected chi connectivity index (χ3v) is 4.94. The van der Waals surface area contributed by atoms with Crippen molar-refractivity contribution in [2.24, 2.45) is 5.92 Å². The van der Waals surface area contributed by atoms with Gasteiger partial charge < -0.3 is 0 Å². The summed E-state index contributed by atoms with van der Waals surface area (Å²) < 4.78 is 1.84. The van der Waals surface area contributed by atoms with E-state index in [1.807, 2.05) is 15.8 Å². The Morgan fingerprint density at radius 1 is 1.32 bits per heavy atom. The summed E-state index contributed by atoms with van der Waals surface area (Å²) in [6.07, 6.45) is 8.64. The summed E-state index contributed by atoms with van der Waals surface area (Å²) in [4.78, 5) is 19.0. The topological polar surface area (TPSA) is 63.9 Å². The SMILES string of the molecule is O=C(C1CC(n2ccnn2)C1)N1CCCc2c(Cl)ccnc21. The number of pyridine rings is 1. The number of fused-ring (bicyclic) bond motifs is 1. The maximum Gasteiger partial charge on any atom is 0.231 e. The zero-order valence-electron chi connectivity index (χ0n) is 12.0. The van der Waals surface area contributed by atoms with Crippen molar-refractivity contribution in [1.82, 2.24) is 20.0 Å². The molecular formula is C15H16ClN5O. The van der Waals surface area contributed by atoms with E-state index in [0.717, 1.165) is 43.6 Å². The highest BCUT2D eigenvalue weighted by molar-refractivity contribution is 6.31. The van der Waals surface area contributed by atoms with E-state index in [2.05, 4.69) is 15.3 Å². The third kappa shape index (κ3) is 2.18. The number of amides is 1. The first-order valence-corrected chi connectivity index (χ1v) is 7.92. The fraction of sp³-hybridized carbons (Fsp3) is 0.467. The first-order chi connectivity index (χ1) is 10.7. The van der Waals surface area contributed by atoms with Gasteiger partial charge in [-0.1, -0.05) is 16.8 Å². The van der Waals surface area contributed by atoms with E-state index in [-0.39, 0.29) is 17.9 Å². The Balaban J connectivity index is 1.50. The molecule has 0 unspecified atom stereocenters. The van der Waals surface area contributed by atoms with E-state index >= 15 is 0 Å². The van der Waals surface area contributed by atoms with Gasteiger partial charge in [0.25, 0.3) is 0 Å². The van der Waals surface area contributed by atoms with E-state index in [1.54, 1.807) is 18.5 Å². The van der Waals surface area contributed by atoms with Crippen LogP contribution in [0.5, 0.6) is 0 Å². The minimum absolute atomic E-state index is 0.0425. The van der Waals surface area contributed by atoms with Crippen molar-refractivity contribution in [1.29, 1.82) is 0 Å². The van der Waals surface area contributed by atoms with Crippen LogP contribution in [-0.4, -0.2) is 32.4 Å². The number of carbonyl (C=O) groups is 1. The average Bonchev–Trinajstić information content (AvgIpc) is 2.99. The van der Waals surface area contributed by atoms with Crippen molar-refractivity contribution in [2.75, 3.05) is 11.4 Å². The molecule has 1 saturated carbocycles. The van der Waals surface area contributed by atoms with Gasteiger partial charge in [0.15, 0.2) is 0 Å². The number of carbonyl (C=O) groups excluding carboxylic acids is 1. The highest BCUT2D eigenvalue weighted by atomic mass is 35.5. The molecule has 0 aromatic carbocycles. The molecule has 2 aliphatic rings. The summed E-state index contributed by atoms with van der Waals surface area (Å²) in [6, 6.07) is 2.08. The van der Waals surface area contributed by atoms with Gasteiger partial charge in [0.05, 0.1) is 12.2 Å². The summed E-state index contributed by atoms with van der Waals surface area (Å²) >= 11 is 6.23. The summed E-state index contributed by atoms with van der Waals surface area (Å²) in [5.41, 5.74) is 0.996. The molecule has 0 saturated heterocycles. The van der Waals surface area contributed by atoms with Gasteiger partial charge in [0.2, 0.25) is 5.91 Å². The third-order valence-electron chi connectivity index (χ3n) is 4.58. The Morgan fingerprint density at radius 3 is 2.95 bits per heavy atom. The van der Waals surface area contributed by atoms with Crippen LogP contribution in [0.15, 0.2) is 24.7 Å². The van der Waals surface area contributed by atoms with Gasteiger partial charge in [-0.05, 0) is 31.7 Å². The molecule has 0 spiro atoms. The van der Waals surface area contributed by atoms with Crippen molar-refractivity contribution in [2.45, 2.75) is 31.7 Å². The van der Waals surface area contributed by atoms with Gasteiger partial charge in [-0.15, -0.1) is 5.10 Å². The molecule has 6 nitrogen and oxygen atoms in total. The number of hydrogen-bond donors (Lipinski definition) is 0. The predicted octanol–water partition coefficient (Wildman–Crippen LogP) is 2.26. The Hall–Kier alpha value is -1.95. The van der Waals surface area contributed by atoms with Crippen LogP contribution >= 0.6 is 11.6 Å². The van der Waals surface area contributed by atoms with Gasteiger partial charge in [-0.2, -0.15) is 0 Å². The molecule has 0 atom stereocenters. The van der Waals surface area contributed by atoms with Crippen molar-refractivity contribution in [3.63, 3.8) is 0 Å². The smallest absolute Gasteiger partial charge is 0.231 e. The zero-order chi connectivity index (χ0) is 15.1. The van der Waals surface area contributed by atoms with Crippen LogP contribution in [0.25, 0.3) is 0 Å². The summed E-state index contributed by atoms with van der Waals surface area (Å²) in [7, 11) is 0. The molecule has 0 radical (unpaired) electrons. The molecule has 2 aromatic heterocycles. The highest BCUT2D eigenvalue weighted by Gasteiger charge is 2.40. The number of halogens is 1. The molecule has 1 aliphatic carbocycles. The number of nitrogens with zero attached hydrogens (tertiary/aromatic N) is 5. The van der Waals surface area contributed by atoms with E-state index in [0.29, 0.717) is 5.02 Å². The summed E-state index contributed by atoms with van der Waals surface area (Å²) in [5, 5.41) is 8.53. The Morgan fingerprint density at radius 2 is 2.18 bits per heavy atom. The maximum atomic E-state index is 12.8. The lowest BCUT2D eigenvalue weighted by Crippen LogP contribution is -2.45. The molecule has 7 heteroatoms. The van der Waals surface area contributed by atoms with Crippen LogP contribution < -0.4 is 4.90 Å². The number of aromatic nitrogens is 4. The summed E-state index contributed by atoms with van der Waals surface area (Å²) in [5.74, 6) is 0.945. The van der Waals surface area contributed by atoms with E-state index < -0.39 is 0 Å². The highest BCUT2D eigenvalue weighted by Crippen LogP contribution is 2.40. The van der Waals surface area contributed by atoms with Crippen LogP contribution in [0.3, 0.4) is 0 Å². The second-order valence-corrected chi connectivity index (χ2v) is 6.30. The van der Waals surface area contributed by atoms with Gasteiger partial charge in [-0.25, -0.2) is 9.67 Å². The van der Waals surface area contributed by atoms with Gasteiger partial charge in [0.1, 0.15) is 5.82 Å². The minimum atomic E-state index is 0.0425. The standard InChI is InChI=1S/C15H16ClN5O/c16-13-3-4-17-14-12(13)2-1-6-20(14)15(22)10-8-11(9-10)21-7-5-18-19-21/h3-5,7,10-11H,1-2,6,8-9H2. The lowest BCUT2D eigenvalue weighted by atomic mass is 9.79. The fourth-order valence-corrected chi connectivity index (χ4v) is 3.53. The fourth-order valence-electron chi connectivity index (χ4n) is 3.29. The van der Waals surface area contributed by atoms with Gasteiger partial charge in [-0.3, -0.25) is 9.69 Å². The molecule has 0 N–H and O–H groups in total. The minimum Gasteiger partial charge on any atom is -0.296 e. The Bertz CT molecular complexity index is 696. The van der Waals surface area contributed by atoms with E-state index in [4.69, 9.17) is 11.6 Å². The van der Waals surface area contributed by atoms with E-state index in [9.17, 15) is 4.79 Å². The van der Waals surface area contributed by atoms with Gasteiger partial charge >= 0.3 is 0 Å². The first-order valence-electron chi connectivity index (χ1n) is 7.54. The first kappa shape index (κ1) is 13.7. The second kappa shape index (κ2) is 5.35. The van der Waals surface area contributed by atoms with Crippen molar-refractivity contribution in [3.8, 4) is 0 Å². The number of hydrogen-bond acceptors (Lipinski definition) is 4. The Labute approximate surface area is 133 Å². The van der Waals surface area contributed by atoms with Crippen molar-refractivity contribution in [3.05, 3.63) is 35.2 Å². The molecule has 2 aromatic rings. The molecule has 4 rings (SSSR count). The molecule has 3 heterocycles. The lowest BCUT2D eigenvalue weighted by molar-refractivity contribution is -0.126. The molecule has 114 valence electrons. The average molecular weight is 318 g/mol. The molecule has 22 heavy (non-hydrogen) atoms. The Kier molecular flexibility index (Phi) is 3.33. The van der Waals surface area contributed by atoms with Crippen molar-refractivity contribution < 1.29 is 4.79 Å². The lowest BCUT2D eigenvalue weighted by Gasteiger charge is -2.38. The van der Waals surface area contributed by atoms with Crippen LogP contribution in [0.2, 0.25) is 5.02 Å². The number of rotatable bonds is 2. The molecule has 1 amide bonds. The molecule has 1 fully saturated rings. The predicted molar refractivity (Wildman–Crippen MR) is 81.7 cm³/mol. The monoisotopic (exact) mass is 317 g/mol. The quantitative estimate of drug-likeness (QED) is 0.852. The second-order valence-electron chi connectivity index (χ2n) is 5.89. The largest absolute Gasteiger partial charge is 0.296 e. The van der Waals surface area contributed by atoms with Crippen LogP contribution in [0.1, 0.15) is 30.9 Å². The zero-order valence-corrected chi connectivity index (χ0v) is 12.8. The van der Waals surface area contributed by atoms with Crippen LogP contribution in [-0.2, 0) is 11.2 Å². The van der Waals surface area contributed by atoms with Gasteiger partial charge in [0, 0.05) is 35.4 Å². The molecular weight excluding hydrogens is 302 g/mol. The van der Waals surface area contributed by atoms with Crippen molar-refractivity contribution >= 4 is 23.3 Å². The molecule has 0 bridgehead atoms. The van der Waals surface area contributed by atoms with Crippen LogP contribution in [0, 0.1) is 5.92 Å². The maximum absolute atomic E-state index is 12.8. The normalized spacial score (nSPS) is 23.8. The molecule has 1 aliphatic heterocycles. The summed E-state index contributed by atoms with van der Waals surface area (Å²) in [6.45, 7) is 0.726. The number of anilines is 1. The van der Waals surface area contributed by atoms with E-state index in [1.165, 1.54) is 0 Å².